The fourth-order valence-electron chi connectivity index (χ4n) is 2.69. The van der Waals surface area contributed by atoms with Gasteiger partial charge in [-0.1, -0.05) is 12.1 Å². The lowest BCUT2D eigenvalue weighted by Gasteiger charge is -2.24. The van der Waals surface area contributed by atoms with Crippen molar-refractivity contribution in [2.24, 2.45) is 0 Å². The van der Waals surface area contributed by atoms with Gasteiger partial charge in [0.25, 0.3) is 0 Å². The van der Waals surface area contributed by atoms with E-state index in [2.05, 4.69) is 49.2 Å². The lowest BCUT2D eigenvalue weighted by atomic mass is 9.99. The summed E-state index contributed by atoms with van der Waals surface area (Å²) in [6, 6.07) is 7.92. The van der Waals surface area contributed by atoms with Gasteiger partial charge in [0, 0.05) is 24.3 Å². The van der Waals surface area contributed by atoms with Gasteiger partial charge in [-0.05, 0) is 57.9 Å². The van der Waals surface area contributed by atoms with E-state index in [0.717, 1.165) is 6.42 Å². The first-order chi connectivity index (χ1) is 8.13. The number of likely N-dealkylation sites (N-methyl/N-ethyl adjacent to an activating group) is 1. The van der Waals surface area contributed by atoms with Gasteiger partial charge >= 0.3 is 0 Å². The smallest absolute Gasteiger partial charge is 0.0404 e. The van der Waals surface area contributed by atoms with Crippen LogP contribution in [0.15, 0.2) is 18.2 Å². The van der Waals surface area contributed by atoms with Gasteiger partial charge in [0.2, 0.25) is 0 Å². The second-order valence-corrected chi connectivity index (χ2v) is 5.35. The summed E-state index contributed by atoms with van der Waals surface area (Å²) >= 11 is 0. The van der Waals surface area contributed by atoms with Gasteiger partial charge in [0.1, 0.15) is 0 Å². The van der Waals surface area contributed by atoms with Gasteiger partial charge in [-0.2, -0.15) is 0 Å². The molecule has 2 rings (SSSR count). The molecular weight excluding hydrogens is 208 g/mol. The molecule has 0 aliphatic carbocycles. The zero-order chi connectivity index (χ0) is 12.4. The molecule has 2 heteroatoms. The van der Waals surface area contributed by atoms with Crippen LogP contribution in [0.4, 0.5) is 5.69 Å². The van der Waals surface area contributed by atoms with Crippen LogP contribution >= 0.6 is 0 Å². The first-order valence-corrected chi connectivity index (χ1v) is 6.68. The van der Waals surface area contributed by atoms with Gasteiger partial charge in [0.15, 0.2) is 0 Å². The van der Waals surface area contributed by atoms with Gasteiger partial charge in [0.05, 0.1) is 0 Å². The number of hydrogen-bond donors (Lipinski definition) is 1. The van der Waals surface area contributed by atoms with Crippen molar-refractivity contribution in [3.8, 4) is 0 Å². The molecule has 0 saturated carbocycles. The Balaban J connectivity index is 2.26. The third-order valence-electron chi connectivity index (χ3n) is 3.80. The van der Waals surface area contributed by atoms with Crippen molar-refractivity contribution in [3.63, 3.8) is 0 Å². The zero-order valence-electron chi connectivity index (χ0n) is 11.5. The Morgan fingerprint density at radius 2 is 2.06 bits per heavy atom. The van der Waals surface area contributed by atoms with E-state index in [1.807, 2.05) is 7.05 Å². The molecule has 17 heavy (non-hydrogen) atoms. The van der Waals surface area contributed by atoms with Crippen molar-refractivity contribution < 1.29 is 0 Å². The van der Waals surface area contributed by atoms with E-state index in [9.17, 15) is 0 Å². The largest absolute Gasteiger partial charge is 0.369 e. The molecule has 0 fully saturated rings. The second-order valence-electron chi connectivity index (χ2n) is 5.35. The molecule has 0 spiro atoms. The molecule has 1 aromatic carbocycles. The highest BCUT2D eigenvalue weighted by Gasteiger charge is 2.23. The molecular formula is C15H24N2. The molecule has 1 unspecified atom stereocenters. The van der Waals surface area contributed by atoms with Crippen LogP contribution in [-0.4, -0.2) is 25.7 Å². The summed E-state index contributed by atoms with van der Waals surface area (Å²) in [4.78, 5) is 2.52. The minimum atomic E-state index is 0.551. The molecule has 1 N–H and O–H groups in total. The third kappa shape index (κ3) is 2.47. The van der Waals surface area contributed by atoms with Crippen LogP contribution in [0.3, 0.4) is 0 Å². The first kappa shape index (κ1) is 12.4. The number of fused-ring (bicyclic) bond motifs is 1. The minimum Gasteiger partial charge on any atom is -0.369 e. The van der Waals surface area contributed by atoms with Gasteiger partial charge < -0.3 is 10.2 Å². The lowest BCUT2D eigenvalue weighted by Crippen LogP contribution is -2.28. The van der Waals surface area contributed by atoms with E-state index in [1.54, 1.807) is 5.56 Å². The van der Waals surface area contributed by atoms with Crippen molar-refractivity contribution in [3.05, 3.63) is 29.3 Å². The molecule has 94 valence electrons. The Hall–Kier alpha value is -1.02. The van der Waals surface area contributed by atoms with E-state index in [0.29, 0.717) is 12.1 Å². The van der Waals surface area contributed by atoms with Gasteiger partial charge in [-0.25, -0.2) is 0 Å². The average Bonchev–Trinajstić information content (AvgIpc) is 2.73. The normalized spacial score (nSPS) is 16.4. The van der Waals surface area contributed by atoms with E-state index in [-0.39, 0.29) is 0 Å². The highest BCUT2D eigenvalue weighted by molar-refractivity contribution is 5.61. The molecule has 1 aromatic rings. The van der Waals surface area contributed by atoms with Gasteiger partial charge in [-0.15, -0.1) is 0 Å². The van der Waals surface area contributed by atoms with Crippen molar-refractivity contribution in [2.45, 2.75) is 45.7 Å². The molecule has 0 radical (unpaired) electrons. The summed E-state index contributed by atoms with van der Waals surface area (Å²) in [5.41, 5.74) is 4.55. The van der Waals surface area contributed by atoms with Crippen LogP contribution in [-0.2, 0) is 12.8 Å². The second kappa shape index (κ2) is 5.09. The zero-order valence-corrected chi connectivity index (χ0v) is 11.5. The quantitative estimate of drug-likeness (QED) is 0.858. The summed E-state index contributed by atoms with van der Waals surface area (Å²) in [5, 5.41) is 3.32. The summed E-state index contributed by atoms with van der Waals surface area (Å²) in [5.74, 6) is 0. The standard InChI is InChI=1S/C15H24N2/c1-11(2)17-9-8-14-13(10-12(3)16-4)6-5-7-15(14)17/h5-7,11-12,16H,8-10H2,1-4H3. The van der Waals surface area contributed by atoms with Gasteiger partial charge in [-0.3, -0.25) is 0 Å². The topological polar surface area (TPSA) is 15.3 Å². The SMILES string of the molecule is CNC(C)Cc1cccc2c1CCN2C(C)C. The summed E-state index contributed by atoms with van der Waals surface area (Å²) < 4.78 is 0. The first-order valence-electron chi connectivity index (χ1n) is 6.68. The molecule has 0 aromatic heterocycles. The molecule has 1 aliphatic heterocycles. The fraction of sp³-hybridized carbons (Fsp3) is 0.600. The van der Waals surface area contributed by atoms with E-state index in [4.69, 9.17) is 0 Å². The lowest BCUT2D eigenvalue weighted by molar-refractivity contribution is 0.606. The molecule has 0 amide bonds. The fourth-order valence-corrected chi connectivity index (χ4v) is 2.69. The number of nitrogens with zero attached hydrogens (tertiary/aromatic N) is 1. The molecule has 1 heterocycles. The van der Waals surface area contributed by atoms with Crippen LogP contribution in [0.5, 0.6) is 0 Å². The summed E-state index contributed by atoms with van der Waals surface area (Å²) in [6.07, 6.45) is 2.34. The Morgan fingerprint density at radius 3 is 2.71 bits per heavy atom. The third-order valence-corrected chi connectivity index (χ3v) is 3.80. The number of rotatable bonds is 4. The molecule has 1 aliphatic rings. The molecule has 1 atom stereocenters. The maximum Gasteiger partial charge on any atom is 0.0404 e. The Kier molecular flexibility index (Phi) is 3.72. The Morgan fingerprint density at radius 1 is 1.29 bits per heavy atom. The van der Waals surface area contributed by atoms with Crippen LogP contribution < -0.4 is 10.2 Å². The molecule has 0 bridgehead atoms. The van der Waals surface area contributed by atoms with E-state index in [1.165, 1.54) is 24.2 Å². The highest BCUT2D eigenvalue weighted by atomic mass is 15.2. The number of benzene rings is 1. The predicted octanol–water partition coefficient (Wildman–Crippen LogP) is 2.61. The van der Waals surface area contributed by atoms with Crippen LogP contribution in [0.1, 0.15) is 31.9 Å². The maximum atomic E-state index is 3.32. The van der Waals surface area contributed by atoms with Crippen molar-refractivity contribution >= 4 is 5.69 Å². The van der Waals surface area contributed by atoms with Crippen LogP contribution in [0, 0.1) is 0 Å². The average molecular weight is 232 g/mol. The number of hydrogen-bond acceptors (Lipinski definition) is 2. The maximum absolute atomic E-state index is 3.32. The van der Waals surface area contributed by atoms with E-state index >= 15 is 0 Å². The number of anilines is 1. The Labute approximate surface area is 105 Å². The van der Waals surface area contributed by atoms with Crippen LogP contribution in [0.2, 0.25) is 0 Å². The Bertz CT molecular complexity index is 385. The summed E-state index contributed by atoms with van der Waals surface area (Å²) in [7, 11) is 2.04. The highest BCUT2D eigenvalue weighted by Crippen LogP contribution is 2.32. The van der Waals surface area contributed by atoms with Crippen molar-refractivity contribution in [1.82, 2.24) is 5.32 Å². The summed E-state index contributed by atoms with van der Waals surface area (Å²) in [6.45, 7) is 7.97. The van der Waals surface area contributed by atoms with Crippen molar-refractivity contribution in [1.29, 1.82) is 0 Å². The molecule has 0 saturated heterocycles. The predicted molar refractivity (Wildman–Crippen MR) is 74.9 cm³/mol. The monoisotopic (exact) mass is 232 g/mol. The number of nitrogens with one attached hydrogen (secondary N) is 1. The van der Waals surface area contributed by atoms with Crippen LogP contribution in [0.25, 0.3) is 0 Å². The van der Waals surface area contributed by atoms with E-state index < -0.39 is 0 Å². The molecule has 2 nitrogen and oxygen atoms in total. The van der Waals surface area contributed by atoms with Crippen molar-refractivity contribution in [2.75, 3.05) is 18.5 Å². The minimum absolute atomic E-state index is 0.551.